The number of aliphatic hydroxyl groups is 1. The van der Waals surface area contributed by atoms with E-state index in [4.69, 9.17) is 0 Å². The first-order valence-electron chi connectivity index (χ1n) is 5.74. The highest BCUT2D eigenvalue weighted by atomic mass is 32.2. The van der Waals surface area contributed by atoms with Crippen LogP contribution < -0.4 is 0 Å². The molecule has 0 aliphatic rings. The molecule has 0 heterocycles. The zero-order valence-electron chi connectivity index (χ0n) is 11.8. The zero-order chi connectivity index (χ0) is 14.8. The Morgan fingerprint density at radius 3 is 2.42 bits per heavy atom. The van der Waals surface area contributed by atoms with Crippen molar-refractivity contribution in [3.63, 3.8) is 0 Å². The van der Waals surface area contributed by atoms with Crippen LogP contribution in [0.1, 0.15) is 0 Å². The minimum atomic E-state index is -1.12. The third-order valence-corrected chi connectivity index (χ3v) is 3.11. The molecule has 7 nitrogen and oxygen atoms in total. The van der Waals surface area contributed by atoms with Crippen molar-refractivity contribution in [2.45, 2.75) is 6.29 Å². The third-order valence-electron chi connectivity index (χ3n) is 2.22. The van der Waals surface area contributed by atoms with E-state index in [9.17, 15) is 14.7 Å². The highest BCUT2D eigenvalue weighted by Crippen LogP contribution is 2.10. The molecule has 0 aromatic heterocycles. The fourth-order valence-corrected chi connectivity index (χ4v) is 2.05. The van der Waals surface area contributed by atoms with Crippen molar-refractivity contribution in [1.82, 2.24) is 9.80 Å². The fraction of sp³-hybridized carbons (Fsp3) is 0.818. The zero-order valence-corrected chi connectivity index (χ0v) is 12.6. The van der Waals surface area contributed by atoms with E-state index < -0.39 is 12.3 Å². The summed E-state index contributed by atoms with van der Waals surface area (Å²) in [6.07, 6.45) is -1.12. The summed E-state index contributed by atoms with van der Waals surface area (Å²) in [7, 11) is 6.39. The van der Waals surface area contributed by atoms with E-state index in [-0.39, 0.29) is 18.3 Å². The van der Waals surface area contributed by atoms with Gasteiger partial charge in [-0.3, -0.25) is 9.59 Å². The first-order chi connectivity index (χ1) is 8.90. The van der Waals surface area contributed by atoms with Gasteiger partial charge >= 0.3 is 5.97 Å². The van der Waals surface area contributed by atoms with Crippen molar-refractivity contribution in [2.24, 2.45) is 0 Å². The van der Waals surface area contributed by atoms with Crippen molar-refractivity contribution in [2.75, 3.05) is 53.7 Å². The molecule has 112 valence electrons. The lowest BCUT2D eigenvalue weighted by molar-refractivity contribution is -0.142. The molecular weight excluding hydrogens is 272 g/mol. The number of ether oxygens (including phenoxy) is 2. The van der Waals surface area contributed by atoms with Crippen LogP contribution in [0.4, 0.5) is 4.79 Å². The molecular formula is C11H22N2O5S. The highest BCUT2D eigenvalue weighted by molar-refractivity contribution is 8.13. The largest absolute Gasteiger partial charge is 0.468 e. The number of rotatable bonds is 8. The van der Waals surface area contributed by atoms with Crippen LogP contribution in [0, 0.1) is 0 Å². The average Bonchev–Trinajstić information content (AvgIpc) is 2.36. The van der Waals surface area contributed by atoms with Crippen LogP contribution in [0.5, 0.6) is 0 Å². The molecule has 8 heteroatoms. The molecule has 1 unspecified atom stereocenters. The van der Waals surface area contributed by atoms with Crippen LogP contribution >= 0.6 is 11.8 Å². The van der Waals surface area contributed by atoms with E-state index in [2.05, 4.69) is 9.47 Å². The molecule has 0 fully saturated rings. The van der Waals surface area contributed by atoms with Gasteiger partial charge < -0.3 is 24.4 Å². The normalized spacial score (nSPS) is 12.3. The predicted molar refractivity (Wildman–Crippen MR) is 73.0 cm³/mol. The molecule has 1 amide bonds. The molecule has 0 saturated carbocycles. The van der Waals surface area contributed by atoms with Crippen molar-refractivity contribution in [3.05, 3.63) is 0 Å². The number of thioether (sulfide) groups is 1. The van der Waals surface area contributed by atoms with Gasteiger partial charge in [-0.2, -0.15) is 0 Å². The first-order valence-corrected chi connectivity index (χ1v) is 6.73. The topological polar surface area (TPSA) is 79.3 Å². The number of hydrogen-bond donors (Lipinski definition) is 1. The van der Waals surface area contributed by atoms with E-state index >= 15 is 0 Å². The lowest BCUT2D eigenvalue weighted by Crippen LogP contribution is -2.40. The summed E-state index contributed by atoms with van der Waals surface area (Å²) in [4.78, 5) is 26.3. The summed E-state index contributed by atoms with van der Waals surface area (Å²) in [5, 5.41) is 9.10. The average molecular weight is 294 g/mol. The Labute approximate surface area is 117 Å². The minimum absolute atomic E-state index is 0.0700. The van der Waals surface area contributed by atoms with Crippen LogP contribution in [-0.2, 0) is 14.3 Å². The van der Waals surface area contributed by atoms with Gasteiger partial charge in [0.15, 0.2) is 6.29 Å². The number of carbonyl (C=O) groups excluding carboxylic acids is 2. The van der Waals surface area contributed by atoms with E-state index in [0.717, 1.165) is 18.3 Å². The third kappa shape index (κ3) is 8.82. The van der Waals surface area contributed by atoms with E-state index in [1.807, 2.05) is 19.0 Å². The SMILES string of the molecule is COC(=O)CN(CC(O)OC)C(=O)SCCN(C)C. The lowest BCUT2D eigenvalue weighted by Gasteiger charge is -2.23. The molecule has 1 atom stereocenters. The summed E-state index contributed by atoms with van der Waals surface area (Å²) in [5.41, 5.74) is 0. The molecule has 0 bridgehead atoms. The first kappa shape index (κ1) is 18.2. The number of methoxy groups -OCH3 is 2. The van der Waals surface area contributed by atoms with Crippen LogP contribution in [0.2, 0.25) is 0 Å². The maximum absolute atomic E-state index is 11.9. The maximum Gasteiger partial charge on any atom is 0.325 e. The van der Waals surface area contributed by atoms with Gasteiger partial charge in [0, 0.05) is 19.4 Å². The van der Waals surface area contributed by atoms with Crippen molar-refractivity contribution >= 4 is 23.0 Å². The number of amides is 1. The molecule has 0 spiro atoms. The van der Waals surface area contributed by atoms with Gasteiger partial charge in [0.1, 0.15) is 6.54 Å². The molecule has 19 heavy (non-hydrogen) atoms. The summed E-state index contributed by atoms with van der Waals surface area (Å²) < 4.78 is 9.20. The summed E-state index contributed by atoms with van der Waals surface area (Å²) in [6.45, 7) is 0.472. The van der Waals surface area contributed by atoms with Crippen LogP contribution in [0.25, 0.3) is 0 Å². The molecule has 0 saturated heterocycles. The molecule has 0 aromatic carbocycles. The minimum Gasteiger partial charge on any atom is -0.468 e. The quantitative estimate of drug-likeness (QED) is 0.492. The Bertz CT molecular complexity index is 288. The van der Waals surface area contributed by atoms with Gasteiger partial charge in [0.2, 0.25) is 0 Å². The number of carbonyl (C=O) groups is 2. The molecule has 0 rings (SSSR count). The van der Waals surface area contributed by atoms with Gasteiger partial charge in [-0.25, -0.2) is 0 Å². The van der Waals surface area contributed by atoms with Gasteiger partial charge in [0.05, 0.1) is 13.7 Å². The van der Waals surface area contributed by atoms with E-state index in [1.54, 1.807) is 0 Å². The fourth-order valence-electron chi connectivity index (χ4n) is 1.09. The van der Waals surface area contributed by atoms with Gasteiger partial charge in [0.25, 0.3) is 5.24 Å². The lowest BCUT2D eigenvalue weighted by atomic mass is 10.5. The Hall–Kier alpha value is -0.830. The number of esters is 1. The predicted octanol–water partition coefficient (Wildman–Crippen LogP) is -0.159. The van der Waals surface area contributed by atoms with Gasteiger partial charge in [-0.05, 0) is 14.1 Å². The summed E-state index contributed by atoms with van der Waals surface area (Å²) in [5.74, 6) is 0.0666. The molecule has 1 N–H and O–H groups in total. The second kappa shape index (κ2) is 10.0. The van der Waals surface area contributed by atoms with Crippen molar-refractivity contribution in [1.29, 1.82) is 0 Å². The maximum atomic E-state index is 11.9. The smallest absolute Gasteiger partial charge is 0.325 e. The van der Waals surface area contributed by atoms with Crippen LogP contribution in [0.3, 0.4) is 0 Å². The van der Waals surface area contributed by atoms with Crippen LogP contribution in [0.15, 0.2) is 0 Å². The van der Waals surface area contributed by atoms with Crippen molar-refractivity contribution < 1.29 is 24.2 Å². The molecule has 0 radical (unpaired) electrons. The standard InChI is InChI=1S/C11H22N2O5S/c1-12(2)5-6-19-11(16)13(7-9(14)17-3)8-10(15)18-4/h9,14H,5-8H2,1-4H3. The van der Waals surface area contributed by atoms with Crippen molar-refractivity contribution in [3.8, 4) is 0 Å². The number of aliphatic hydroxyl groups excluding tert-OH is 1. The Morgan fingerprint density at radius 1 is 1.32 bits per heavy atom. The molecule has 0 aliphatic heterocycles. The Kier molecular flexibility index (Phi) is 9.58. The van der Waals surface area contributed by atoms with E-state index in [1.165, 1.54) is 19.1 Å². The number of nitrogens with zero attached hydrogens (tertiary/aromatic N) is 2. The highest BCUT2D eigenvalue weighted by Gasteiger charge is 2.21. The summed E-state index contributed by atoms with van der Waals surface area (Å²) in [6, 6.07) is 0. The van der Waals surface area contributed by atoms with Crippen LogP contribution in [-0.4, -0.2) is 86.1 Å². The Morgan fingerprint density at radius 2 is 1.95 bits per heavy atom. The van der Waals surface area contributed by atoms with Gasteiger partial charge in [-0.15, -0.1) is 0 Å². The second-order valence-corrected chi connectivity index (χ2v) is 5.11. The monoisotopic (exact) mass is 294 g/mol. The van der Waals surface area contributed by atoms with E-state index in [0.29, 0.717) is 5.75 Å². The van der Waals surface area contributed by atoms with Gasteiger partial charge in [-0.1, -0.05) is 11.8 Å². The number of hydrogen-bond acceptors (Lipinski definition) is 7. The summed E-state index contributed by atoms with van der Waals surface area (Å²) >= 11 is 1.09. The second-order valence-electron chi connectivity index (χ2n) is 4.06. The molecule has 0 aliphatic carbocycles. The Balaban J connectivity index is 4.36. The molecule has 0 aromatic rings.